The molecule has 0 fully saturated rings. The number of aryl methyl sites for hydroxylation is 2. The molecule has 1 unspecified atom stereocenters. The zero-order valence-electron chi connectivity index (χ0n) is 17.5. The fourth-order valence-corrected chi connectivity index (χ4v) is 3.33. The number of amides is 2. The molecule has 7 nitrogen and oxygen atoms in total. The third-order valence-electron chi connectivity index (χ3n) is 4.97. The molecule has 0 aliphatic heterocycles. The lowest BCUT2D eigenvalue weighted by molar-refractivity contribution is -0.128. The Morgan fingerprint density at radius 3 is 2.67 bits per heavy atom. The van der Waals surface area contributed by atoms with E-state index < -0.39 is 6.04 Å². The highest BCUT2D eigenvalue weighted by atomic mass is 35.5. The second-order valence-corrected chi connectivity index (χ2v) is 7.67. The van der Waals surface area contributed by atoms with Crippen LogP contribution < -0.4 is 10.6 Å². The van der Waals surface area contributed by atoms with Crippen molar-refractivity contribution in [2.75, 3.05) is 0 Å². The largest absolute Gasteiger partial charge is 0.467 e. The second-order valence-electron chi connectivity index (χ2n) is 7.26. The van der Waals surface area contributed by atoms with Crippen molar-refractivity contribution in [3.8, 4) is 5.69 Å². The lowest BCUT2D eigenvalue weighted by Gasteiger charge is -2.14. The van der Waals surface area contributed by atoms with Crippen LogP contribution in [0, 0.1) is 20.8 Å². The number of carbonyl (C=O) groups is 2. The van der Waals surface area contributed by atoms with Gasteiger partial charge in [0.1, 0.15) is 11.8 Å². The van der Waals surface area contributed by atoms with E-state index >= 15 is 0 Å². The number of furan rings is 1. The zero-order valence-corrected chi connectivity index (χ0v) is 18.2. The summed E-state index contributed by atoms with van der Waals surface area (Å²) in [6.07, 6.45) is 1.68. The number of hydrogen-bond donors (Lipinski definition) is 2. The molecular formula is C22H25ClN4O3. The van der Waals surface area contributed by atoms with Crippen molar-refractivity contribution < 1.29 is 14.0 Å². The van der Waals surface area contributed by atoms with Gasteiger partial charge in [-0.25, -0.2) is 4.68 Å². The van der Waals surface area contributed by atoms with Gasteiger partial charge in [-0.1, -0.05) is 17.7 Å². The Morgan fingerprint density at radius 1 is 1.23 bits per heavy atom. The number of aromatic nitrogens is 2. The minimum Gasteiger partial charge on any atom is -0.467 e. The van der Waals surface area contributed by atoms with Gasteiger partial charge in [0.05, 0.1) is 30.6 Å². The molecule has 3 aromatic rings. The highest BCUT2D eigenvalue weighted by Gasteiger charge is 2.20. The summed E-state index contributed by atoms with van der Waals surface area (Å²) in [5.74, 6) is 0.123. The maximum absolute atomic E-state index is 12.5. The SMILES string of the molecule is Cc1ccc(-n2nc(C)c(CC(=O)NC(C)C(=O)NCc3ccco3)c2C)cc1Cl. The van der Waals surface area contributed by atoms with E-state index in [4.69, 9.17) is 16.0 Å². The fraction of sp³-hybridized carbons (Fsp3) is 0.318. The first-order chi connectivity index (χ1) is 14.3. The van der Waals surface area contributed by atoms with Crippen LogP contribution in [0.3, 0.4) is 0 Å². The lowest BCUT2D eigenvalue weighted by Crippen LogP contribution is -2.45. The van der Waals surface area contributed by atoms with E-state index in [0.717, 1.165) is 28.2 Å². The summed E-state index contributed by atoms with van der Waals surface area (Å²) in [6, 6.07) is 8.58. The van der Waals surface area contributed by atoms with E-state index in [-0.39, 0.29) is 24.8 Å². The predicted octanol–water partition coefficient (Wildman–Crippen LogP) is 3.41. The molecule has 3 rings (SSSR count). The van der Waals surface area contributed by atoms with Gasteiger partial charge in [-0.3, -0.25) is 9.59 Å². The molecule has 0 aliphatic rings. The van der Waals surface area contributed by atoms with Crippen molar-refractivity contribution in [3.05, 3.63) is 69.9 Å². The Hall–Kier alpha value is -3.06. The van der Waals surface area contributed by atoms with Crippen LogP contribution >= 0.6 is 11.6 Å². The third-order valence-corrected chi connectivity index (χ3v) is 5.37. The summed E-state index contributed by atoms with van der Waals surface area (Å²) in [7, 11) is 0. The first-order valence-corrected chi connectivity index (χ1v) is 10.0. The van der Waals surface area contributed by atoms with Gasteiger partial charge in [0, 0.05) is 16.3 Å². The molecule has 0 saturated carbocycles. The van der Waals surface area contributed by atoms with Crippen LogP contribution in [0.5, 0.6) is 0 Å². The van der Waals surface area contributed by atoms with Crippen molar-refractivity contribution in [1.82, 2.24) is 20.4 Å². The Balaban J connectivity index is 1.64. The summed E-state index contributed by atoms with van der Waals surface area (Å²) in [5, 5.41) is 10.7. The normalized spacial score (nSPS) is 11.9. The Labute approximate surface area is 180 Å². The average molecular weight is 429 g/mol. The molecule has 0 bridgehead atoms. The van der Waals surface area contributed by atoms with E-state index in [1.807, 2.05) is 39.0 Å². The third kappa shape index (κ3) is 4.91. The van der Waals surface area contributed by atoms with Gasteiger partial charge in [0.15, 0.2) is 0 Å². The topological polar surface area (TPSA) is 89.2 Å². The molecule has 0 saturated heterocycles. The number of carbonyl (C=O) groups excluding carboxylic acids is 2. The van der Waals surface area contributed by atoms with Crippen LogP contribution in [-0.2, 0) is 22.6 Å². The average Bonchev–Trinajstić information content (AvgIpc) is 3.32. The van der Waals surface area contributed by atoms with Crippen molar-refractivity contribution in [3.63, 3.8) is 0 Å². The summed E-state index contributed by atoms with van der Waals surface area (Å²) in [6.45, 7) is 7.63. The second kappa shape index (κ2) is 9.17. The molecule has 2 aromatic heterocycles. The van der Waals surface area contributed by atoms with E-state index in [9.17, 15) is 9.59 Å². The van der Waals surface area contributed by atoms with E-state index in [1.54, 1.807) is 30.0 Å². The molecule has 1 atom stereocenters. The smallest absolute Gasteiger partial charge is 0.242 e. The molecule has 8 heteroatoms. The van der Waals surface area contributed by atoms with Gasteiger partial charge in [-0.15, -0.1) is 0 Å². The molecule has 0 radical (unpaired) electrons. The molecule has 2 heterocycles. The van der Waals surface area contributed by atoms with E-state index in [1.165, 1.54) is 0 Å². The standard InChI is InChI=1S/C22H25ClN4O3/c1-13-7-8-17(10-20(13)23)27-16(4)19(14(2)26-27)11-21(28)25-15(3)22(29)24-12-18-6-5-9-30-18/h5-10,15H,11-12H2,1-4H3,(H,24,29)(H,25,28). The molecule has 2 N–H and O–H groups in total. The number of nitrogens with zero attached hydrogens (tertiary/aromatic N) is 2. The highest BCUT2D eigenvalue weighted by molar-refractivity contribution is 6.31. The predicted molar refractivity (Wildman–Crippen MR) is 115 cm³/mol. The van der Waals surface area contributed by atoms with E-state index in [2.05, 4.69) is 15.7 Å². The van der Waals surface area contributed by atoms with Crippen LogP contribution in [0.15, 0.2) is 41.0 Å². The number of nitrogens with one attached hydrogen (secondary N) is 2. The van der Waals surface area contributed by atoms with Gasteiger partial charge in [0.25, 0.3) is 0 Å². The molecule has 0 aliphatic carbocycles. The van der Waals surface area contributed by atoms with Gasteiger partial charge in [-0.2, -0.15) is 5.10 Å². The van der Waals surface area contributed by atoms with Crippen molar-refractivity contribution in [2.45, 2.75) is 46.7 Å². The van der Waals surface area contributed by atoms with Crippen LogP contribution in [0.2, 0.25) is 5.02 Å². The fourth-order valence-electron chi connectivity index (χ4n) is 3.15. The summed E-state index contributed by atoms with van der Waals surface area (Å²) < 4.78 is 6.96. The number of halogens is 1. The van der Waals surface area contributed by atoms with Crippen LogP contribution in [0.25, 0.3) is 5.69 Å². The van der Waals surface area contributed by atoms with Gasteiger partial charge < -0.3 is 15.1 Å². The molecule has 30 heavy (non-hydrogen) atoms. The van der Waals surface area contributed by atoms with Crippen LogP contribution in [0.4, 0.5) is 0 Å². The molecule has 0 spiro atoms. The lowest BCUT2D eigenvalue weighted by atomic mass is 10.1. The molecule has 1 aromatic carbocycles. The van der Waals surface area contributed by atoms with E-state index in [0.29, 0.717) is 10.8 Å². The zero-order chi connectivity index (χ0) is 21.8. The Bertz CT molecular complexity index is 1060. The maximum atomic E-state index is 12.5. The first-order valence-electron chi connectivity index (χ1n) is 9.67. The monoisotopic (exact) mass is 428 g/mol. The summed E-state index contributed by atoms with van der Waals surface area (Å²) >= 11 is 6.24. The Kier molecular flexibility index (Phi) is 6.62. The van der Waals surface area contributed by atoms with Crippen molar-refractivity contribution in [2.24, 2.45) is 0 Å². The van der Waals surface area contributed by atoms with Crippen LogP contribution in [0.1, 0.15) is 35.2 Å². The van der Waals surface area contributed by atoms with Crippen molar-refractivity contribution in [1.29, 1.82) is 0 Å². The minimum atomic E-state index is -0.668. The highest BCUT2D eigenvalue weighted by Crippen LogP contribution is 2.23. The number of benzene rings is 1. The molecular weight excluding hydrogens is 404 g/mol. The van der Waals surface area contributed by atoms with Gasteiger partial charge in [-0.05, 0) is 57.5 Å². The minimum absolute atomic E-state index is 0.132. The van der Waals surface area contributed by atoms with Crippen LogP contribution in [-0.4, -0.2) is 27.6 Å². The quantitative estimate of drug-likeness (QED) is 0.603. The van der Waals surface area contributed by atoms with Gasteiger partial charge >= 0.3 is 0 Å². The molecule has 2 amide bonds. The summed E-state index contributed by atoms with van der Waals surface area (Å²) in [5.41, 5.74) is 4.27. The summed E-state index contributed by atoms with van der Waals surface area (Å²) in [4.78, 5) is 24.8. The Morgan fingerprint density at radius 2 is 2.00 bits per heavy atom. The first kappa shape index (κ1) is 21.6. The maximum Gasteiger partial charge on any atom is 0.242 e. The van der Waals surface area contributed by atoms with Crippen molar-refractivity contribution >= 4 is 23.4 Å². The number of rotatable bonds is 7. The number of hydrogen-bond acceptors (Lipinski definition) is 4. The van der Waals surface area contributed by atoms with Gasteiger partial charge in [0.2, 0.25) is 11.8 Å². The molecule has 158 valence electrons.